The van der Waals surface area contributed by atoms with Crippen LogP contribution in [0.3, 0.4) is 0 Å². The molecule has 0 bridgehead atoms. The Bertz CT molecular complexity index is 822. The van der Waals surface area contributed by atoms with E-state index in [0.29, 0.717) is 26.1 Å². The summed E-state index contributed by atoms with van der Waals surface area (Å²) in [5, 5.41) is 8.64. The minimum atomic E-state index is -0.853. The van der Waals surface area contributed by atoms with Crippen molar-refractivity contribution in [1.82, 2.24) is 16.0 Å². The first-order valence-electron chi connectivity index (χ1n) is 26.1. The van der Waals surface area contributed by atoms with E-state index in [2.05, 4.69) is 36.7 Å². The van der Waals surface area contributed by atoms with Gasteiger partial charge < -0.3 is 30.2 Å². The van der Waals surface area contributed by atoms with Crippen molar-refractivity contribution in [2.75, 3.05) is 39.5 Å². The minimum absolute atomic E-state index is 0.0220. The summed E-state index contributed by atoms with van der Waals surface area (Å²) in [5.74, 6) is 0. The average Bonchev–Trinajstić information content (AvgIpc) is 3.25. The maximum atomic E-state index is 12.7. The number of hydrogen-bond donors (Lipinski definition) is 3. The summed E-state index contributed by atoms with van der Waals surface area (Å²) in [6, 6.07) is 0. The quantitative estimate of drug-likeness (QED) is 0.0415. The molecule has 9 heteroatoms. The molecule has 0 fully saturated rings. The minimum Gasteiger partial charge on any atom is -0.449 e. The number of alkyl carbamates (subject to hydrolysis) is 3. The summed E-state index contributed by atoms with van der Waals surface area (Å²) in [6.45, 7) is 10.3. The zero-order chi connectivity index (χ0) is 43.9. The van der Waals surface area contributed by atoms with Crippen LogP contribution in [0.25, 0.3) is 0 Å². The van der Waals surface area contributed by atoms with Gasteiger partial charge in [-0.3, -0.25) is 0 Å². The summed E-state index contributed by atoms with van der Waals surface area (Å²) >= 11 is 0. The second-order valence-electron chi connectivity index (χ2n) is 18.0. The zero-order valence-electron chi connectivity index (χ0n) is 40.4. The van der Waals surface area contributed by atoms with E-state index >= 15 is 0 Å². The maximum Gasteiger partial charge on any atom is 0.407 e. The molecule has 0 aliphatic rings. The highest BCUT2D eigenvalue weighted by Gasteiger charge is 2.34. The van der Waals surface area contributed by atoms with Crippen LogP contribution in [0.15, 0.2) is 0 Å². The molecule has 3 N–H and O–H groups in total. The van der Waals surface area contributed by atoms with Gasteiger partial charge in [0.1, 0.15) is 19.8 Å². The molecule has 0 aromatic carbocycles. The Hall–Kier alpha value is -2.19. The molecule has 356 valence electrons. The lowest BCUT2D eigenvalue weighted by molar-refractivity contribution is -0.0175. The largest absolute Gasteiger partial charge is 0.449 e. The lowest BCUT2D eigenvalue weighted by Crippen LogP contribution is -2.42. The van der Waals surface area contributed by atoms with Crippen molar-refractivity contribution in [1.29, 1.82) is 0 Å². The number of carbonyl (C=O) groups is 3. The van der Waals surface area contributed by atoms with Crippen molar-refractivity contribution in [2.24, 2.45) is 5.41 Å². The Balaban J connectivity index is 4.56. The number of rotatable bonds is 46. The summed E-state index contributed by atoms with van der Waals surface area (Å²) in [4.78, 5) is 38.1. The number of ether oxygens (including phenoxy) is 3. The molecule has 0 aliphatic carbocycles. The Morgan fingerprint density at radius 3 is 0.667 bits per heavy atom. The Kier molecular flexibility index (Phi) is 44.6. The van der Waals surface area contributed by atoms with Gasteiger partial charge in [0.2, 0.25) is 0 Å². The number of nitrogens with one attached hydrogen (secondary N) is 3. The zero-order valence-corrected chi connectivity index (χ0v) is 40.4. The van der Waals surface area contributed by atoms with E-state index in [4.69, 9.17) is 14.2 Å². The SMILES string of the molecule is CCCCCCCCCCCCCCNC(=O)OCC(CC)(COC(=O)NCCCCCCCCCCCCCC)COC(=O)NCCCCCCCCCCCCCC. The molecular weight excluding hydrogens is 751 g/mol. The normalized spacial score (nSPS) is 11.4. The first-order chi connectivity index (χ1) is 29.4. The molecule has 0 spiro atoms. The fraction of sp³-hybridized carbons (Fsp3) is 0.941. The van der Waals surface area contributed by atoms with E-state index in [-0.39, 0.29) is 19.8 Å². The predicted octanol–water partition coefficient (Wildman–Crippen LogP) is 15.7. The molecule has 0 unspecified atom stereocenters. The molecule has 0 rings (SSSR count). The van der Waals surface area contributed by atoms with Crippen LogP contribution in [0.2, 0.25) is 0 Å². The maximum absolute atomic E-state index is 12.7. The van der Waals surface area contributed by atoms with Crippen molar-refractivity contribution in [2.45, 2.75) is 265 Å². The standard InChI is InChI=1S/C51H101N3O6/c1-5-9-12-15-18-21-24-27-30-33-36-39-42-52-48(55)58-45-51(8-4,46-59-49(56)53-43-40-37-34-31-28-25-22-19-16-13-10-6-2)47-60-50(57)54-44-41-38-35-32-29-26-23-20-17-14-11-7-3/h5-47H2,1-4H3,(H,52,55)(H,53,56)(H,54,57). The molecule has 0 heterocycles. The average molecular weight is 852 g/mol. The van der Waals surface area contributed by atoms with Crippen LogP contribution in [0.4, 0.5) is 14.4 Å². The molecule has 0 aromatic heterocycles. The highest BCUT2D eigenvalue weighted by molar-refractivity contribution is 5.68. The lowest BCUT2D eigenvalue weighted by atomic mass is 9.88. The number of carbonyl (C=O) groups excluding carboxylic acids is 3. The van der Waals surface area contributed by atoms with Crippen LogP contribution < -0.4 is 16.0 Å². The van der Waals surface area contributed by atoms with Gasteiger partial charge in [-0.2, -0.15) is 0 Å². The van der Waals surface area contributed by atoms with Crippen molar-refractivity contribution in [3.05, 3.63) is 0 Å². The summed E-state index contributed by atoms with van der Waals surface area (Å²) < 4.78 is 17.0. The van der Waals surface area contributed by atoms with Crippen LogP contribution in [-0.2, 0) is 14.2 Å². The first-order valence-corrected chi connectivity index (χ1v) is 26.1. The van der Waals surface area contributed by atoms with Crippen molar-refractivity contribution >= 4 is 18.3 Å². The third-order valence-electron chi connectivity index (χ3n) is 12.2. The molecule has 0 saturated heterocycles. The summed E-state index contributed by atoms with van der Waals surface area (Å²) in [6.07, 6.45) is 44.5. The van der Waals surface area contributed by atoms with Crippen LogP contribution >= 0.6 is 0 Å². The highest BCUT2D eigenvalue weighted by Crippen LogP contribution is 2.25. The fourth-order valence-electron chi connectivity index (χ4n) is 7.71. The summed E-state index contributed by atoms with van der Waals surface area (Å²) in [5.41, 5.74) is -0.853. The fourth-order valence-corrected chi connectivity index (χ4v) is 7.71. The molecule has 0 aliphatic heterocycles. The highest BCUT2D eigenvalue weighted by atomic mass is 16.6. The molecule has 3 amide bonds. The van der Waals surface area contributed by atoms with Crippen LogP contribution in [0, 0.1) is 5.41 Å². The molecule has 0 radical (unpaired) electrons. The van der Waals surface area contributed by atoms with E-state index in [1.165, 1.54) is 193 Å². The first kappa shape index (κ1) is 57.8. The van der Waals surface area contributed by atoms with E-state index < -0.39 is 23.7 Å². The molecule has 0 atom stereocenters. The van der Waals surface area contributed by atoms with Crippen molar-refractivity contribution in [3.63, 3.8) is 0 Å². The molecule has 9 nitrogen and oxygen atoms in total. The van der Waals surface area contributed by atoms with Gasteiger partial charge in [-0.1, -0.05) is 240 Å². The topological polar surface area (TPSA) is 115 Å². The smallest absolute Gasteiger partial charge is 0.407 e. The van der Waals surface area contributed by atoms with E-state index in [1.54, 1.807) is 0 Å². The van der Waals surface area contributed by atoms with E-state index in [9.17, 15) is 14.4 Å². The molecular formula is C51H101N3O6. The summed E-state index contributed by atoms with van der Waals surface area (Å²) in [7, 11) is 0. The van der Waals surface area contributed by atoms with Gasteiger partial charge in [-0.25, -0.2) is 14.4 Å². The van der Waals surface area contributed by atoms with Gasteiger partial charge in [0.15, 0.2) is 0 Å². The van der Waals surface area contributed by atoms with Crippen molar-refractivity contribution < 1.29 is 28.6 Å². The van der Waals surface area contributed by atoms with E-state index in [0.717, 1.165) is 38.5 Å². The Labute approximate surface area is 371 Å². The predicted molar refractivity (Wildman–Crippen MR) is 254 cm³/mol. The van der Waals surface area contributed by atoms with Gasteiger partial charge >= 0.3 is 18.3 Å². The van der Waals surface area contributed by atoms with Gasteiger partial charge in [0, 0.05) is 19.6 Å². The second-order valence-corrected chi connectivity index (χ2v) is 18.0. The molecule has 0 aromatic rings. The van der Waals surface area contributed by atoms with Gasteiger partial charge in [-0.15, -0.1) is 0 Å². The third-order valence-corrected chi connectivity index (χ3v) is 12.2. The number of hydrogen-bond acceptors (Lipinski definition) is 6. The third kappa shape index (κ3) is 41.2. The lowest BCUT2D eigenvalue weighted by Gasteiger charge is -2.31. The van der Waals surface area contributed by atoms with Gasteiger partial charge in [0.05, 0.1) is 5.41 Å². The van der Waals surface area contributed by atoms with Gasteiger partial charge in [0.25, 0.3) is 0 Å². The van der Waals surface area contributed by atoms with Gasteiger partial charge in [-0.05, 0) is 25.7 Å². The monoisotopic (exact) mass is 852 g/mol. The van der Waals surface area contributed by atoms with Crippen LogP contribution in [0.1, 0.15) is 265 Å². The number of unbranched alkanes of at least 4 members (excludes halogenated alkanes) is 33. The van der Waals surface area contributed by atoms with Crippen LogP contribution in [-0.4, -0.2) is 57.7 Å². The molecule has 60 heavy (non-hydrogen) atoms. The van der Waals surface area contributed by atoms with Crippen molar-refractivity contribution in [3.8, 4) is 0 Å². The van der Waals surface area contributed by atoms with E-state index in [1.807, 2.05) is 6.92 Å². The Morgan fingerprint density at radius 1 is 0.300 bits per heavy atom. The molecule has 0 saturated carbocycles. The second kappa shape index (κ2) is 46.3. The van der Waals surface area contributed by atoms with Crippen LogP contribution in [0.5, 0.6) is 0 Å². The number of amides is 3. The Morgan fingerprint density at radius 2 is 0.483 bits per heavy atom.